The third kappa shape index (κ3) is 5.78. The Morgan fingerprint density at radius 3 is 2.54 bits per heavy atom. The van der Waals surface area contributed by atoms with Gasteiger partial charge in [0, 0.05) is 33.2 Å². The average Bonchev–Trinajstić information content (AvgIpc) is 3.24. The molecule has 1 aliphatic heterocycles. The first-order valence-electron chi connectivity index (χ1n) is 8.84. The summed E-state index contributed by atoms with van der Waals surface area (Å²) in [7, 11) is 1.75. The molecule has 0 spiro atoms. The monoisotopic (exact) mass is 518 g/mol. The maximum atomic E-state index is 12.3. The lowest BCUT2D eigenvalue weighted by Gasteiger charge is -2.36. The number of carbonyl (C=O) groups is 1. The molecular weight excluding hydrogens is 495 g/mol. The van der Waals surface area contributed by atoms with Crippen LogP contribution >= 0.6 is 35.6 Å². The standard InChI is InChI=1S/C19H23ClN4O3.HI/c1-21-19(22-8-14-27-16-6-3-2-5-15(16)20)24-11-9-23(10-12-24)18(25)17-7-4-13-26-17;/h2-7,13H,8-12,14H2,1H3,(H,21,22);1H. The van der Waals surface area contributed by atoms with Crippen molar-refractivity contribution >= 4 is 47.4 Å². The number of para-hydroxylation sites is 1. The van der Waals surface area contributed by atoms with Gasteiger partial charge >= 0.3 is 0 Å². The quantitative estimate of drug-likeness (QED) is 0.285. The number of ether oxygens (including phenoxy) is 1. The van der Waals surface area contributed by atoms with Gasteiger partial charge in [-0.05, 0) is 24.3 Å². The normalized spacial score (nSPS) is 14.4. The van der Waals surface area contributed by atoms with Crippen molar-refractivity contribution in [2.45, 2.75) is 0 Å². The molecule has 1 aliphatic rings. The molecule has 7 nitrogen and oxygen atoms in total. The van der Waals surface area contributed by atoms with Gasteiger partial charge in [-0.3, -0.25) is 9.79 Å². The Morgan fingerprint density at radius 2 is 1.89 bits per heavy atom. The lowest BCUT2D eigenvalue weighted by atomic mass is 10.3. The number of piperazine rings is 1. The lowest BCUT2D eigenvalue weighted by molar-refractivity contribution is 0.0657. The molecule has 9 heteroatoms. The highest BCUT2D eigenvalue weighted by Crippen LogP contribution is 2.22. The molecule has 3 rings (SSSR count). The predicted octanol–water partition coefficient (Wildman–Crippen LogP) is 2.96. The van der Waals surface area contributed by atoms with Gasteiger partial charge in [-0.1, -0.05) is 23.7 Å². The number of rotatable bonds is 5. The minimum Gasteiger partial charge on any atom is -0.490 e. The molecular formula is C19H24ClIN4O3. The molecule has 0 unspecified atom stereocenters. The van der Waals surface area contributed by atoms with Gasteiger partial charge < -0.3 is 24.3 Å². The number of nitrogens with zero attached hydrogens (tertiary/aromatic N) is 3. The van der Waals surface area contributed by atoms with Gasteiger partial charge in [0.15, 0.2) is 11.7 Å². The summed E-state index contributed by atoms with van der Waals surface area (Å²) in [4.78, 5) is 20.6. The second kappa shape index (κ2) is 11.2. The summed E-state index contributed by atoms with van der Waals surface area (Å²) in [6.07, 6.45) is 1.51. The van der Waals surface area contributed by atoms with Gasteiger partial charge in [-0.15, -0.1) is 24.0 Å². The van der Waals surface area contributed by atoms with E-state index in [2.05, 4.69) is 15.2 Å². The van der Waals surface area contributed by atoms with E-state index in [1.54, 1.807) is 30.1 Å². The number of aliphatic imine (C=N–C) groups is 1. The zero-order valence-electron chi connectivity index (χ0n) is 15.6. The van der Waals surface area contributed by atoms with Crippen LogP contribution in [0.2, 0.25) is 5.02 Å². The summed E-state index contributed by atoms with van der Waals surface area (Å²) in [6.45, 7) is 3.73. The number of amides is 1. The van der Waals surface area contributed by atoms with E-state index in [1.807, 2.05) is 18.2 Å². The largest absolute Gasteiger partial charge is 0.490 e. The van der Waals surface area contributed by atoms with E-state index in [9.17, 15) is 4.79 Å². The van der Waals surface area contributed by atoms with E-state index in [0.29, 0.717) is 55.9 Å². The molecule has 28 heavy (non-hydrogen) atoms. The van der Waals surface area contributed by atoms with Crippen molar-refractivity contribution in [1.29, 1.82) is 0 Å². The van der Waals surface area contributed by atoms with Crippen LogP contribution in [0.4, 0.5) is 0 Å². The molecule has 1 aromatic carbocycles. The Morgan fingerprint density at radius 1 is 1.18 bits per heavy atom. The number of halogens is 2. The van der Waals surface area contributed by atoms with Crippen molar-refractivity contribution in [1.82, 2.24) is 15.1 Å². The number of benzene rings is 1. The smallest absolute Gasteiger partial charge is 0.289 e. The van der Waals surface area contributed by atoms with E-state index in [4.69, 9.17) is 20.8 Å². The topological polar surface area (TPSA) is 70.3 Å². The fraction of sp³-hybridized carbons (Fsp3) is 0.368. The first kappa shape index (κ1) is 22.4. The molecule has 0 radical (unpaired) electrons. The minimum atomic E-state index is -0.0734. The first-order valence-corrected chi connectivity index (χ1v) is 9.22. The Hall–Kier alpha value is -1.94. The van der Waals surface area contributed by atoms with E-state index >= 15 is 0 Å². The Bertz CT molecular complexity index is 777. The van der Waals surface area contributed by atoms with Crippen LogP contribution in [0.25, 0.3) is 0 Å². The molecule has 0 bridgehead atoms. The maximum Gasteiger partial charge on any atom is 0.289 e. The third-order valence-electron chi connectivity index (χ3n) is 4.29. The number of guanidine groups is 1. The second-order valence-electron chi connectivity index (χ2n) is 6.01. The average molecular weight is 519 g/mol. The molecule has 2 heterocycles. The summed E-state index contributed by atoms with van der Waals surface area (Å²) >= 11 is 6.07. The van der Waals surface area contributed by atoms with Crippen molar-refractivity contribution in [3.05, 3.63) is 53.4 Å². The van der Waals surface area contributed by atoms with Crippen LogP contribution in [0, 0.1) is 0 Å². The fourth-order valence-corrected chi connectivity index (χ4v) is 3.09. The highest BCUT2D eigenvalue weighted by Gasteiger charge is 2.25. The molecule has 2 aromatic rings. The van der Waals surface area contributed by atoms with Crippen LogP contribution in [0.3, 0.4) is 0 Å². The molecule has 1 fully saturated rings. The van der Waals surface area contributed by atoms with Crippen LogP contribution in [0.1, 0.15) is 10.6 Å². The van der Waals surface area contributed by atoms with Crippen LogP contribution in [-0.2, 0) is 0 Å². The van der Waals surface area contributed by atoms with Gasteiger partial charge in [0.1, 0.15) is 12.4 Å². The lowest BCUT2D eigenvalue weighted by Crippen LogP contribution is -2.54. The molecule has 0 atom stereocenters. The van der Waals surface area contributed by atoms with Gasteiger partial charge in [0.25, 0.3) is 5.91 Å². The molecule has 0 saturated carbocycles. The summed E-state index contributed by atoms with van der Waals surface area (Å²) in [5.74, 6) is 1.77. The van der Waals surface area contributed by atoms with Gasteiger partial charge in [-0.25, -0.2) is 0 Å². The summed E-state index contributed by atoms with van der Waals surface area (Å²) in [5, 5.41) is 3.88. The van der Waals surface area contributed by atoms with Crippen LogP contribution < -0.4 is 10.1 Å². The SMILES string of the molecule is CN=C(NCCOc1ccccc1Cl)N1CCN(C(=O)c2ccco2)CC1.I. The third-order valence-corrected chi connectivity index (χ3v) is 4.60. The van der Waals surface area contributed by atoms with Gasteiger partial charge in [0.2, 0.25) is 0 Å². The Kier molecular flexibility index (Phi) is 8.91. The van der Waals surface area contributed by atoms with E-state index in [1.165, 1.54) is 6.26 Å². The predicted molar refractivity (Wildman–Crippen MR) is 120 cm³/mol. The van der Waals surface area contributed by atoms with Crippen molar-refractivity contribution < 1.29 is 13.9 Å². The van der Waals surface area contributed by atoms with Crippen LogP contribution in [0.5, 0.6) is 5.75 Å². The summed E-state index contributed by atoms with van der Waals surface area (Å²) in [6, 6.07) is 10.8. The Labute approximate surface area is 186 Å². The Balaban J connectivity index is 0.00000280. The minimum absolute atomic E-state index is 0. The zero-order valence-corrected chi connectivity index (χ0v) is 18.7. The molecule has 1 saturated heterocycles. The summed E-state index contributed by atoms with van der Waals surface area (Å²) < 4.78 is 10.9. The second-order valence-corrected chi connectivity index (χ2v) is 6.42. The molecule has 1 aromatic heterocycles. The highest BCUT2D eigenvalue weighted by atomic mass is 127. The van der Waals surface area contributed by atoms with Crippen molar-refractivity contribution in [2.75, 3.05) is 46.4 Å². The summed E-state index contributed by atoms with van der Waals surface area (Å²) in [5.41, 5.74) is 0. The van der Waals surface area contributed by atoms with Crippen LogP contribution in [0.15, 0.2) is 52.1 Å². The molecule has 0 aliphatic carbocycles. The van der Waals surface area contributed by atoms with E-state index in [-0.39, 0.29) is 29.9 Å². The van der Waals surface area contributed by atoms with Gasteiger partial charge in [0.05, 0.1) is 17.8 Å². The van der Waals surface area contributed by atoms with Gasteiger partial charge in [-0.2, -0.15) is 0 Å². The first-order chi connectivity index (χ1) is 13.2. The van der Waals surface area contributed by atoms with E-state index < -0.39 is 0 Å². The maximum absolute atomic E-state index is 12.3. The van der Waals surface area contributed by atoms with Crippen molar-refractivity contribution in [2.24, 2.45) is 4.99 Å². The molecule has 1 amide bonds. The number of hydrogen-bond acceptors (Lipinski definition) is 4. The molecule has 1 N–H and O–H groups in total. The fourth-order valence-electron chi connectivity index (χ4n) is 2.90. The number of carbonyl (C=O) groups excluding carboxylic acids is 1. The van der Waals surface area contributed by atoms with Crippen molar-refractivity contribution in [3.63, 3.8) is 0 Å². The number of nitrogens with one attached hydrogen (secondary N) is 1. The van der Waals surface area contributed by atoms with Crippen molar-refractivity contribution in [3.8, 4) is 5.75 Å². The zero-order chi connectivity index (χ0) is 19.1. The van der Waals surface area contributed by atoms with Crippen LogP contribution in [-0.4, -0.2) is 68.0 Å². The number of furan rings is 1. The molecule has 152 valence electrons. The highest BCUT2D eigenvalue weighted by molar-refractivity contribution is 14.0. The number of hydrogen-bond donors (Lipinski definition) is 1. The van der Waals surface area contributed by atoms with E-state index in [0.717, 1.165) is 5.96 Å².